The SMILES string of the molecule is CNc1nc(C2CCC2)c(CC(=O)O)c(=O)[nH]1. The van der Waals surface area contributed by atoms with Crippen molar-refractivity contribution in [2.75, 3.05) is 12.4 Å². The van der Waals surface area contributed by atoms with Gasteiger partial charge in [-0.1, -0.05) is 6.42 Å². The molecule has 0 unspecified atom stereocenters. The number of aliphatic carboxylic acids is 1. The highest BCUT2D eigenvalue weighted by molar-refractivity contribution is 5.70. The number of nitrogens with zero attached hydrogens (tertiary/aromatic N) is 1. The van der Waals surface area contributed by atoms with Gasteiger partial charge >= 0.3 is 5.97 Å². The van der Waals surface area contributed by atoms with Crippen LogP contribution >= 0.6 is 0 Å². The molecule has 17 heavy (non-hydrogen) atoms. The summed E-state index contributed by atoms with van der Waals surface area (Å²) in [6.07, 6.45) is 2.80. The minimum Gasteiger partial charge on any atom is -0.481 e. The summed E-state index contributed by atoms with van der Waals surface area (Å²) in [5.41, 5.74) is 0.585. The number of aromatic amines is 1. The molecule has 3 N–H and O–H groups in total. The lowest BCUT2D eigenvalue weighted by atomic mass is 9.81. The van der Waals surface area contributed by atoms with Crippen molar-refractivity contribution in [2.24, 2.45) is 0 Å². The number of aromatic nitrogens is 2. The summed E-state index contributed by atoms with van der Waals surface area (Å²) in [7, 11) is 1.67. The smallest absolute Gasteiger partial charge is 0.308 e. The van der Waals surface area contributed by atoms with Crippen molar-refractivity contribution in [1.29, 1.82) is 0 Å². The summed E-state index contributed by atoms with van der Waals surface area (Å²) >= 11 is 0. The van der Waals surface area contributed by atoms with E-state index < -0.39 is 5.97 Å². The van der Waals surface area contributed by atoms with Gasteiger partial charge in [-0.25, -0.2) is 4.98 Å². The first-order chi connectivity index (χ1) is 8.11. The normalized spacial score (nSPS) is 15.4. The van der Waals surface area contributed by atoms with Crippen LogP contribution in [-0.2, 0) is 11.2 Å². The minimum absolute atomic E-state index is 0.235. The molecule has 92 valence electrons. The van der Waals surface area contributed by atoms with Crippen molar-refractivity contribution in [3.63, 3.8) is 0 Å². The standard InChI is InChI=1S/C11H15N3O3/c1-12-11-13-9(6-3-2-4-6)7(5-8(15)16)10(17)14-11/h6H,2-5H2,1H3,(H,15,16)(H2,12,13,14,17). The Morgan fingerprint density at radius 2 is 2.29 bits per heavy atom. The number of rotatable bonds is 4. The van der Waals surface area contributed by atoms with E-state index in [-0.39, 0.29) is 17.9 Å². The third kappa shape index (κ3) is 2.30. The van der Waals surface area contributed by atoms with Gasteiger partial charge in [0.05, 0.1) is 17.7 Å². The van der Waals surface area contributed by atoms with Gasteiger partial charge in [-0.3, -0.25) is 14.6 Å². The van der Waals surface area contributed by atoms with Crippen molar-refractivity contribution < 1.29 is 9.90 Å². The highest BCUT2D eigenvalue weighted by Gasteiger charge is 2.26. The summed E-state index contributed by atoms with van der Waals surface area (Å²) in [6, 6.07) is 0. The topological polar surface area (TPSA) is 95.1 Å². The van der Waals surface area contributed by atoms with E-state index in [1.54, 1.807) is 7.05 Å². The van der Waals surface area contributed by atoms with E-state index in [0.717, 1.165) is 19.3 Å². The molecule has 6 heteroatoms. The number of nitrogens with one attached hydrogen (secondary N) is 2. The molecule has 2 rings (SSSR count). The largest absolute Gasteiger partial charge is 0.481 e. The zero-order valence-electron chi connectivity index (χ0n) is 9.62. The first-order valence-corrected chi connectivity index (χ1v) is 5.64. The van der Waals surface area contributed by atoms with E-state index in [4.69, 9.17) is 5.11 Å². The average molecular weight is 237 g/mol. The van der Waals surface area contributed by atoms with Crippen LogP contribution in [0.25, 0.3) is 0 Å². The second-order valence-electron chi connectivity index (χ2n) is 4.23. The molecule has 1 aliphatic rings. The van der Waals surface area contributed by atoms with Gasteiger partial charge in [-0.2, -0.15) is 0 Å². The predicted molar refractivity (Wildman–Crippen MR) is 62.3 cm³/mol. The molecule has 0 bridgehead atoms. The van der Waals surface area contributed by atoms with Crippen molar-refractivity contribution >= 4 is 11.9 Å². The Hall–Kier alpha value is -1.85. The van der Waals surface area contributed by atoms with Crippen molar-refractivity contribution in [3.8, 4) is 0 Å². The van der Waals surface area contributed by atoms with Crippen molar-refractivity contribution in [3.05, 3.63) is 21.6 Å². The summed E-state index contributed by atoms with van der Waals surface area (Å²) in [5.74, 6) is -0.375. The fourth-order valence-electron chi connectivity index (χ4n) is 1.98. The fraction of sp³-hybridized carbons (Fsp3) is 0.545. The summed E-state index contributed by atoms with van der Waals surface area (Å²) in [4.78, 5) is 29.4. The Kier molecular flexibility index (Phi) is 3.12. The van der Waals surface area contributed by atoms with Crippen LogP contribution in [0.4, 0.5) is 5.95 Å². The Bertz CT molecular complexity index is 491. The third-order valence-electron chi connectivity index (χ3n) is 3.10. The van der Waals surface area contributed by atoms with Crippen molar-refractivity contribution in [1.82, 2.24) is 9.97 Å². The highest BCUT2D eigenvalue weighted by atomic mass is 16.4. The fourth-order valence-corrected chi connectivity index (χ4v) is 1.98. The number of carboxylic acid groups (broad SMARTS) is 1. The van der Waals surface area contributed by atoms with Gasteiger partial charge in [-0.15, -0.1) is 0 Å². The molecule has 1 fully saturated rings. The Morgan fingerprint density at radius 1 is 1.59 bits per heavy atom. The Balaban J connectivity index is 2.46. The average Bonchev–Trinajstić information content (AvgIpc) is 2.19. The van der Waals surface area contributed by atoms with Crippen LogP contribution in [0.15, 0.2) is 4.79 Å². The highest BCUT2D eigenvalue weighted by Crippen LogP contribution is 2.36. The van der Waals surface area contributed by atoms with Gasteiger partial charge in [0.25, 0.3) is 5.56 Å². The second kappa shape index (κ2) is 4.57. The van der Waals surface area contributed by atoms with Crippen LogP contribution in [0.3, 0.4) is 0 Å². The van der Waals surface area contributed by atoms with Crippen LogP contribution in [0.5, 0.6) is 0 Å². The van der Waals surface area contributed by atoms with E-state index in [0.29, 0.717) is 17.2 Å². The molecule has 1 aromatic rings. The first kappa shape index (κ1) is 11.6. The molecule has 0 spiro atoms. The Morgan fingerprint density at radius 3 is 2.76 bits per heavy atom. The van der Waals surface area contributed by atoms with Crippen LogP contribution in [0.2, 0.25) is 0 Å². The lowest BCUT2D eigenvalue weighted by Crippen LogP contribution is -2.25. The molecule has 0 aromatic carbocycles. The van der Waals surface area contributed by atoms with Crippen LogP contribution in [0, 0.1) is 0 Å². The van der Waals surface area contributed by atoms with Gasteiger partial charge in [0.15, 0.2) is 0 Å². The number of hydrogen-bond acceptors (Lipinski definition) is 4. The molecular weight excluding hydrogens is 222 g/mol. The molecule has 0 saturated heterocycles. The molecule has 6 nitrogen and oxygen atoms in total. The summed E-state index contributed by atoms with van der Waals surface area (Å²) in [6.45, 7) is 0. The van der Waals surface area contributed by atoms with E-state index in [1.165, 1.54) is 0 Å². The molecule has 0 radical (unpaired) electrons. The van der Waals surface area contributed by atoms with Crippen LogP contribution in [0.1, 0.15) is 36.4 Å². The van der Waals surface area contributed by atoms with E-state index >= 15 is 0 Å². The zero-order chi connectivity index (χ0) is 12.4. The first-order valence-electron chi connectivity index (χ1n) is 5.64. The number of carbonyl (C=O) groups is 1. The van der Waals surface area contributed by atoms with Crippen LogP contribution < -0.4 is 10.9 Å². The van der Waals surface area contributed by atoms with Gasteiger partial charge in [0, 0.05) is 13.0 Å². The number of hydrogen-bond donors (Lipinski definition) is 3. The summed E-state index contributed by atoms with van der Waals surface area (Å²) in [5, 5.41) is 11.6. The minimum atomic E-state index is -1.00. The monoisotopic (exact) mass is 237 g/mol. The molecular formula is C11H15N3O3. The van der Waals surface area contributed by atoms with Gasteiger partial charge in [0.1, 0.15) is 0 Å². The maximum atomic E-state index is 11.8. The predicted octanol–water partition coefficient (Wildman–Crippen LogP) is 0.706. The molecule has 0 aliphatic heterocycles. The van der Waals surface area contributed by atoms with Crippen LogP contribution in [-0.4, -0.2) is 28.1 Å². The quantitative estimate of drug-likeness (QED) is 0.716. The number of anilines is 1. The maximum Gasteiger partial charge on any atom is 0.308 e. The van der Waals surface area contributed by atoms with Gasteiger partial charge in [0.2, 0.25) is 5.95 Å². The molecule has 1 aromatic heterocycles. The van der Waals surface area contributed by atoms with Gasteiger partial charge in [-0.05, 0) is 12.8 Å². The molecule has 0 amide bonds. The summed E-state index contributed by atoms with van der Waals surface area (Å²) < 4.78 is 0. The molecule has 1 saturated carbocycles. The molecule has 1 aliphatic carbocycles. The van der Waals surface area contributed by atoms with Gasteiger partial charge < -0.3 is 10.4 Å². The van der Waals surface area contributed by atoms with E-state index in [2.05, 4.69) is 15.3 Å². The van der Waals surface area contributed by atoms with E-state index in [1.807, 2.05) is 0 Å². The number of H-pyrrole nitrogens is 1. The second-order valence-corrected chi connectivity index (χ2v) is 4.23. The molecule has 1 heterocycles. The van der Waals surface area contributed by atoms with E-state index in [9.17, 15) is 9.59 Å². The number of carboxylic acids is 1. The maximum absolute atomic E-state index is 11.8. The zero-order valence-corrected chi connectivity index (χ0v) is 9.62. The van der Waals surface area contributed by atoms with Crippen molar-refractivity contribution in [2.45, 2.75) is 31.6 Å². The Labute approximate surface area is 98.1 Å². The third-order valence-corrected chi connectivity index (χ3v) is 3.10. The lowest BCUT2D eigenvalue weighted by molar-refractivity contribution is -0.136. The lowest BCUT2D eigenvalue weighted by Gasteiger charge is -2.26. The molecule has 0 atom stereocenters.